The molecule has 0 aliphatic carbocycles. The van der Waals surface area contributed by atoms with Crippen molar-refractivity contribution in [1.29, 1.82) is 0 Å². The fourth-order valence-corrected chi connectivity index (χ4v) is 3.17. The van der Waals surface area contributed by atoms with Gasteiger partial charge in [0.2, 0.25) is 5.91 Å². The van der Waals surface area contributed by atoms with Gasteiger partial charge in [-0.3, -0.25) is 16.1 Å². The van der Waals surface area contributed by atoms with Crippen molar-refractivity contribution in [3.63, 3.8) is 0 Å². The van der Waals surface area contributed by atoms with Crippen molar-refractivity contribution < 1.29 is 9.59 Å². The van der Waals surface area contributed by atoms with Gasteiger partial charge in [0, 0.05) is 31.3 Å². The van der Waals surface area contributed by atoms with Gasteiger partial charge in [0.25, 0.3) is 0 Å². The fraction of sp³-hybridized carbons (Fsp3) is 0.214. The van der Waals surface area contributed by atoms with Gasteiger partial charge < -0.3 is 15.8 Å². The molecule has 6 N–H and O–H groups in total. The Morgan fingerprint density at radius 1 is 0.971 bits per heavy atom. The number of rotatable bonds is 4. The predicted molar refractivity (Wildman–Crippen MR) is 145 cm³/mol. The molecule has 0 aromatic heterocycles. The molecule has 6 heteroatoms. The molecular weight excluding hydrogens is 424 g/mol. The van der Waals surface area contributed by atoms with Crippen LogP contribution in [0.25, 0.3) is 21.5 Å². The van der Waals surface area contributed by atoms with E-state index in [1.165, 1.54) is 11.0 Å². The molecule has 0 spiro atoms. The molecule has 6 nitrogen and oxygen atoms in total. The number of hydrogen-bond donors (Lipinski definition) is 4. The quantitative estimate of drug-likeness (QED) is 0.117. The molecule has 0 radical (unpaired) electrons. The van der Waals surface area contributed by atoms with Crippen molar-refractivity contribution in [2.75, 3.05) is 7.05 Å². The maximum Gasteiger partial charge on any atom is 0.246 e. The summed E-state index contributed by atoms with van der Waals surface area (Å²) in [7, 11) is 1.58. The number of fused-ring (bicyclic) bond motifs is 2. The van der Waals surface area contributed by atoms with Crippen LogP contribution in [-0.4, -0.2) is 19.7 Å². The van der Waals surface area contributed by atoms with Crippen molar-refractivity contribution in [2.45, 2.75) is 33.9 Å². The third-order valence-corrected chi connectivity index (χ3v) is 4.51. The molecule has 0 unspecified atom stereocenters. The lowest BCUT2D eigenvalue weighted by Crippen LogP contribution is -2.21. The lowest BCUT2D eigenvalue weighted by molar-refractivity contribution is -0.116. The zero-order valence-electron chi connectivity index (χ0n) is 20.6. The van der Waals surface area contributed by atoms with E-state index >= 15 is 0 Å². The monoisotopic (exact) mass is 460 g/mol. The van der Waals surface area contributed by atoms with E-state index in [0.29, 0.717) is 18.7 Å². The standard InChI is InChI=1S/C18H17N3.C5H9NO.C4H8.CH2O/c1-2-12-7-8-15-16(9-12)18(11-21-20)14-6-4-3-5-13(14)17(15)10-19;1-4(2)5(7)6-3;1-4(2)3;1-2/h1,3-9,21H,10-11,19-20H2;1H2,2-3H3,(H,6,7);1H2,2-3H3;1H2. The number of terminal acetylenes is 1. The van der Waals surface area contributed by atoms with Gasteiger partial charge in [-0.15, -0.1) is 13.0 Å². The minimum absolute atomic E-state index is 0.0972. The van der Waals surface area contributed by atoms with Gasteiger partial charge in [-0.05, 0) is 65.6 Å². The number of amides is 1. The zero-order chi connectivity index (χ0) is 26.3. The Labute approximate surface area is 203 Å². The number of carbonyl (C=O) groups excluding carboxylic acids is 2. The van der Waals surface area contributed by atoms with Crippen LogP contribution in [0.5, 0.6) is 0 Å². The van der Waals surface area contributed by atoms with E-state index in [1.54, 1.807) is 14.0 Å². The predicted octanol–water partition coefficient (Wildman–Crippen LogP) is 4.10. The highest BCUT2D eigenvalue weighted by Gasteiger charge is 2.12. The zero-order valence-corrected chi connectivity index (χ0v) is 20.6. The second-order valence-electron chi connectivity index (χ2n) is 7.56. The number of likely N-dealkylation sites (N-methyl/N-ethyl adjacent to an activating group) is 1. The maximum absolute atomic E-state index is 10.3. The average Bonchev–Trinajstić information content (AvgIpc) is 2.84. The molecule has 1 amide bonds. The highest BCUT2D eigenvalue weighted by atomic mass is 16.1. The van der Waals surface area contributed by atoms with Gasteiger partial charge in [0.15, 0.2) is 0 Å². The Morgan fingerprint density at radius 2 is 1.47 bits per heavy atom. The van der Waals surface area contributed by atoms with Crippen LogP contribution in [0.4, 0.5) is 0 Å². The van der Waals surface area contributed by atoms with Gasteiger partial charge >= 0.3 is 0 Å². The SMILES string of the molecule is C#Cc1ccc2c(CN)c3ccccc3c(CNN)c2c1.C=C(C)C.C=C(C)C(=O)NC.C=O. The molecule has 3 aromatic carbocycles. The molecule has 0 atom stereocenters. The van der Waals surface area contributed by atoms with Gasteiger partial charge in [-0.2, -0.15) is 0 Å². The van der Waals surface area contributed by atoms with Crippen LogP contribution in [0.3, 0.4) is 0 Å². The third-order valence-electron chi connectivity index (χ3n) is 4.51. The van der Waals surface area contributed by atoms with Gasteiger partial charge in [0.05, 0.1) is 0 Å². The van der Waals surface area contributed by atoms with E-state index in [-0.39, 0.29) is 5.91 Å². The van der Waals surface area contributed by atoms with Crippen LogP contribution in [0, 0.1) is 12.3 Å². The molecule has 0 saturated carbocycles. The van der Waals surface area contributed by atoms with E-state index in [9.17, 15) is 4.79 Å². The van der Waals surface area contributed by atoms with Gasteiger partial charge in [-0.1, -0.05) is 48.4 Å². The molecule has 0 bridgehead atoms. The molecule has 0 heterocycles. The number of nitrogens with one attached hydrogen (secondary N) is 2. The largest absolute Gasteiger partial charge is 0.355 e. The highest BCUT2D eigenvalue weighted by molar-refractivity contribution is 6.06. The van der Waals surface area contributed by atoms with Crippen LogP contribution in [0.1, 0.15) is 37.5 Å². The summed E-state index contributed by atoms with van der Waals surface area (Å²) in [6.45, 7) is 15.6. The molecular formula is C28H36N4O2. The van der Waals surface area contributed by atoms with E-state index < -0.39 is 0 Å². The Balaban J connectivity index is 0.000000700. The summed E-state index contributed by atoms with van der Waals surface area (Å²) >= 11 is 0. The molecule has 3 aromatic rings. The summed E-state index contributed by atoms with van der Waals surface area (Å²) in [5.41, 5.74) is 13.6. The van der Waals surface area contributed by atoms with Crippen molar-refractivity contribution >= 4 is 34.2 Å². The first-order valence-electron chi connectivity index (χ1n) is 10.6. The Kier molecular flexibility index (Phi) is 14.2. The molecule has 0 fully saturated rings. The van der Waals surface area contributed by atoms with Crippen LogP contribution in [0.2, 0.25) is 0 Å². The first-order valence-corrected chi connectivity index (χ1v) is 10.6. The summed E-state index contributed by atoms with van der Waals surface area (Å²) < 4.78 is 0. The number of nitrogens with two attached hydrogens (primary N) is 2. The number of benzene rings is 3. The lowest BCUT2D eigenvalue weighted by atomic mass is 9.91. The molecule has 0 saturated heterocycles. The summed E-state index contributed by atoms with van der Waals surface area (Å²) in [4.78, 5) is 18.3. The van der Waals surface area contributed by atoms with Crippen molar-refractivity contribution in [3.8, 4) is 12.3 Å². The first kappa shape index (κ1) is 30.2. The molecule has 0 aliphatic rings. The fourth-order valence-electron chi connectivity index (χ4n) is 3.17. The summed E-state index contributed by atoms with van der Waals surface area (Å²) in [5, 5.41) is 7.02. The second kappa shape index (κ2) is 15.9. The maximum atomic E-state index is 10.3. The lowest BCUT2D eigenvalue weighted by Gasteiger charge is -2.16. The van der Waals surface area contributed by atoms with Crippen LogP contribution >= 0.6 is 0 Å². The third kappa shape index (κ3) is 8.64. The van der Waals surface area contributed by atoms with Gasteiger partial charge in [0.1, 0.15) is 6.79 Å². The van der Waals surface area contributed by atoms with Crippen molar-refractivity contribution in [3.05, 3.63) is 83.5 Å². The number of allylic oxidation sites excluding steroid dienone is 1. The summed E-state index contributed by atoms with van der Waals surface area (Å²) in [6, 6.07) is 14.3. The summed E-state index contributed by atoms with van der Waals surface area (Å²) in [5.74, 6) is 8.16. The van der Waals surface area contributed by atoms with Crippen molar-refractivity contribution in [2.24, 2.45) is 11.6 Å². The molecule has 180 valence electrons. The molecule has 0 aliphatic heterocycles. The number of carbonyl (C=O) groups is 2. The number of hydrogen-bond acceptors (Lipinski definition) is 5. The highest BCUT2D eigenvalue weighted by Crippen LogP contribution is 2.33. The van der Waals surface area contributed by atoms with Crippen molar-refractivity contribution in [1.82, 2.24) is 10.7 Å². The van der Waals surface area contributed by atoms with E-state index in [0.717, 1.165) is 32.8 Å². The van der Waals surface area contributed by atoms with Crippen LogP contribution in [0.15, 0.2) is 66.8 Å². The molecule has 3 rings (SSSR count). The smallest absolute Gasteiger partial charge is 0.246 e. The second-order valence-corrected chi connectivity index (χ2v) is 7.56. The van der Waals surface area contributed by atoms with Crippen LogP contribution < -0.4 is 22.3 Å². The first-order chi connectivity index (χ1) is 16.2. The van der Waals surface area contributed by atoms with Gasteiger partial charge in [-0.25, -0.2) is 0 Å². The minimum atomic E-state index is -0.0972. The Hall–Kier alpha value is -3.76. The molecule has 34 heavy (non-hydrogen) atoms. The topological polar surface area (TPSA) is 110 Å². The van der Waals surface area contributed by atoms with E-state index in [1.807, 2.05) is 44.9 Å². The average molecular weight is 461 g/mol. The van der Waals surface area contributed by atoms with E-state index in [4.69, 9.17) is 22.8 Å². The Bertz CT molecular complexity index is 1170. The van der Waals surface area contributed by atoms with Crippen LogP contribution in [-0.2, 0) is 22.7 Å². The normalized spacial score (nSPS) is 9.21. The number of hydrazine groups is 1. The summed E-state index contributed by atoms with van der Waals surface area (Å²) in [6.07, 6.45) is 5.53. The Morgan fingerprint density at radius 3 is 1.85 bits per heavy atom. The van der Waals surface area contributed by atoms with E-state index in [2.05, 4.69) is 48.0 Å². The minimum Gasteiger partial charge on any atom is -0.355 e.